The Balaban J connectivity index is 0.000000184. The number of aliphatic hydroxyl groups excluding tert-OH is 1. The molecule has 0 radical (unpaired) electrons. The number of phenols is 3. The zero-order valence-corrected chi connectivity index (χ0v) is 53.4. The van der Waals surface area contributed by atoms with E-state index in [1.807, 2.05) is 159 Å². The number of carboxylic acids is 1. The molecule has 480 valence electrons. The maximum atomic E-state index is 12.0. The van der Waals surface area contributed by atoms with Gasteiger partial charge < -0.3 is 50.0 Å². The molecule has 3 atom stereocenters. The first kappa shape index (κ1) is 69.2. The van der Waals surface area contributed by atoms with Crippen molar-refractivity contribution in [3.05, 3.63) is 143 Å². The van der Waals surface area contributed by atoms with E-state index < -0.39 is 18.0 Å². The first-order chi connectivity index (χ1) is 42.2. The van der Waals surface area contributed by atoms with Gasteiger partial charge in [-0.1, -0.05) is 117 Å². The molecule has 6 aromatic carbocycles. The van der Waals surface area contributed by atoms with Gasteiger partial charge in [0.15, 0.2) is 0 Å². The van der Waals surface area contributed by atoms with Crippen molar-refractivity contribution in [1.29, 1.82) is 0 Å². The normalized spacial score (nSPS) is 14.7. The standard InChI is InChI=1S/C22H26ClN3O4.C22H25N3O4.C19H21N3O3.C3H5ClO.H2O/c1-22(2,3)16-10-14(8-9-20(28)30-13-15(27)12-23)11-19(21(16)29)26-24-17-6-4-5-7-18(17)25-26;1-22(2,3)16-10-14(8-9-20(26)29-13-15-12-28-15)11-19(21(16)27)25-23-17-6-4-5-7-18(17)24-25;1-19(2,3)13-10-12(8-9-17(23)24)11-16(18(13)25)22-20-14-6-4-5-7-15(14)21-22;4-1-3-2-5-3;/h4-7,10-11,15,27,29H,8-9,12-13H2,1-3H3;4-7,10-11,15,27H,8-9,12-13H2,1-3H3;4-7,10-11,25H,8-9H2,1-3H3,(H,23,24);3H,1-2H2;1H2/p-1. The number of aryl methyl sites for hydroxylation is 3. The van der Waals surface area contributed by atoms with Gasteiger partial charge in [0, 0.05) is 36.0 Å². The van der Waals surface area contributed by atoms with Crippen LogP contribution in [0, 0.1) is 0 Å². The number of nitrogens with zero attached hydrogens (tertiary/aromatic N) is 9. The number of carboxylic acid groups (broad SMARTS) is 1. The number of aliphatic hydroxyl groups is 1. The van der Waals surface area contributed by atoms with Crippen LogP contribution in [0.15, 0.2) is 109 Å². The maximum Gasteiger partial charge on any atom is 0.306 e. The molecule has 2 fully saturated rings. The fraction of sp³-hybridized carbons (Fsp3) is 0.409. The summed E-state index contributed by atoms with van der Waals surface area (Å²) in [4.78, 5) is 39.2. The molecule has 0 aliphatic carbocycles. The molecule has 3 aromatic heterocycles. The first-order valence-electron chi connectivity index (χ1n) is 29.3. The summed E-state index contributed by atoms with van der Waals surface area (Å²) in [6.45, 7) is 19.8. The average Bonchev–Trinajstić information content (AvgIpc) is 3.75. The zero-order chi connectivity index (χ0) is 64.4. The van der Waals surface area contributed by atoms with Crippen molar-refractivity contribution in [3.8, 4) is 34.3 Å². The van der Waals surface area contributed by atoms with E-state index in [1.54, 1.807) is 12.1 Å². The number of aromatic nitrogens is 9. The molecule has 0 spiro atoms. The highest BCUT2D eigenvalue weighted by atomic mass is 35.5. The monoisotopic (exact) mass is 1270 g/mol. The summed E-state index contributed by atoms with van der Waals surface area (Å²) in [6.07, 6.45) is 1.31. The van der Waals surface area contributed by atoms with E-state index in [2.05, 4.69) is 30.6 Å². The summed E-state index contributed by atoms with van der Waals surface area (Å²) in [5, 5.41) is 77.9. The van der Waals surface area contributed by atoms with Crippen molar-refractivity contribution >= 4 is 74.2 Å². The second-order valence-electron chi connectivity index (χ2n) is 24.9. The van der Waals surface area contributed by atoms with E-state index in [0.29, 0.717) is 61.5 Å². The highest BCUT2D eigenvalue weighted by Crippen LogP contribution is 2.40. The maximum absolute atomic E-state index is 12.0. The molecule has 24 heteroatoms. The Morgan fingerprint density at radius 3 is 1.08 bits per heavy atom. The quantitative estimate of drug-likeness (QED) is 0.0303. The predicted molar refractivity (Wildman–Crippen MR) is 341 cm³/mol. The first-order valence-corrected chi connectivity index (χ1v) is 30.4. The van der Waals surface area contributed by atoms with Crippen LogP contribution < -0.4 is 0 Å². The van der Waals surface area contributed by atoms with Crippen LogP contribution in [0.5, 0.6) is 17.2 Å². The summed E-state index contributed by atoms with van der Waals surface area (Å²) in [5.74, 6) is -0.477. The molecule has 0 saturated carbocycles. The van der Waals surface area contributed by atoms with E-state index in [4.69, 9.17) is 47.3 Å². The van der Waals surface area contributed by atoms with E-state index in [0.717, 1.165) is 73.1 Å². The van der Waals surface area contributed by atoms with Crippen LogP contribution in [0.2, 0.25) is 0 Å². The molecular formula is C66H78Cl2N9O13-. The SMILES string of the molecule is CC(C)(C)c1cc(CCC(=O)O)cc(-n2nc3ccccc3n2)c1O.CC(C)(C)c1cc(CCC(=O)OCC(O)CCl)cc(-n2nc3ccccc3n2)c1O.CC(C)(C)c1cc(CCC(=O)OCC2CO2)cc(-n2nc3ccccc3n2)c1O.ClCC1CO1.[OH-]. The van der Waals surface area contributed by atoms with Crippen LogP contribution >= 0.6 is 23.2 Å². The van der Waals surface area contributed by atoms with Crippen LogP contribution in [-0.4, -0.2) is 150 Å². The van der Waals surface area contributed by atoms with Gasteiger partial charge in [-0.25, -0.2) is 0 Å². The lowest BCUT2D eigenvalue weighted by Crippen LogP contribution is -2.20. The number of phenolic OH excluding ortho intramolecular Hbond substituents is 3. The highest BCUT2D eigenvalue weighted by molar-refractivity contribution is 6.18. The number of rotatable bonds is 18. The summed E-state index contributed by atoms with van der Waals surface area (Å²) in [7, 11) is 0. The Morgan fingerprint density at radius 1 is 0.522 bits per heavy atom. The second-order valence-corrected chi connectivity index (χ2v) is 25.5. The Morgan fingerprint density at radius 2 is 0.822 bits per heavy atom. The van der Waals surface area contributed by atoms with Crippen molar-refractivity contribution in [2.45, 2.75) is 135 Å². The lowest BCUT2D eigenvalue weighted by molar-refractivity contribution is -0.146. The van der Waals surface area contributed by atoms with E-state index in [9.17, 15) is 34.8 Å². The van der Waals surface area contributed by atoms with Crippen LogP contribution in [0.3, 0.4) is 0 Å². The third kappa shape index (κ3) is 18.9. The molecular weight excluding hydrogens is 1200 g/mol. The van der Waals surface area contributed by atoms with Gasteiger partial charge >= 0.3 is 17.9 Å². The van der Waals surface area contributed by atoms with Gasteiger partial charge in [0.05, 0.1) is 31.1 Å². The van der Waals surface area contributed by atoms with Gasteiger partial charge in [-0.2, -0.15) is 0 Å². The molecule has 2 aliphatic rings. The van der Waals surface area contributed by atoms with Gasteiger partial charge in [0.25, 0.3) is 0 Å². The Bertz CT molecular complexity index is 3830. The van der Waals surface area contributed by atoms with Crippen LogP contribution in [-0.2, 0) is 68.8 Å². The number of halogens is 2. The van der Waals surface area contributed by atoms with Crippen LogP contribution in [0.25, 0.3) is 50.2 Å². The number of aliphatic carboxylic acids is 1. The molecule has 6 N–H and O–H groups in total. The molecule has 3 unspecified atom stereocenters. The van der Waals surface area contributed by atoms with Crippen molar-refractivity contribution < 1.29 is 64.3 Å². The highest BCUT2D eigenvalue weighted by Gasteiger charge is 2.28. The molecule has 0 amide bonds. The van der Waals surface area contributed by atoms with E-state index in [1.165, 1.54) is 14.4 Å². The third-order valence-electron chi connectivity index (χ3n) is 14.3. The largest absolute Gasteiger partial charge is 0.870 e. The fourth-order valence-electron chi connectivity index (χ4n) is 9.17. The molecule has 2 saturated heterocycles. The fourth-order valence-corrected chi connectivity index (χ4v) is 9.44. The molecule has 90 heavy (non-hydrogen) atoms. The number of aromatic hydroxyl groups is 3. The zero-order valence-electron chi connectivity index (χ0n) is 51.9. The predicted octanol–water partition coefficient (Wildman–Crippen LogP) is 10.7. The van der Waals surface area contributed by atoms with E-state index >= 15 is 0 Å². The molecule has 22 nitrogen and oxygen atoms in total. The van der Waals surface area contributed by atoms with Gasteiger partial charge in [-0.3, -0.25) is 14.4 Å². The second kappa shape index (κ2) is 30.0. The number of carbonyl (C=O) groups is 3. The number of benzene rings is 6. The smallest absolute Gasteiger partial charge is 0.306 e. The Kier molecular flexibility index (Phi) is 23.1. The number of hydrogen-bond acceptors (Lipinski definition) is 18. The van der Waals surface area contributed by atoms with E-state index in [-0.39, 0.29) is 82.8 Å². The lowest BCUT2D eigenvalue weighted by atomic mass is 9.84. The van der Waals surface area contributed by atoms with Crippen molar-refractivity contribution in [1.82, 2.24) is 45.0 Å². The Labute approximate surface area is 531 Å². The summed E-state index contributed by atoms with van der Waals surface area (Å²) in [5.41, 5.74) is 9.79. The minimum absolute atomic E-state index is 0. The molecule has 2 aliphatic heterocycles. The molecule has 11 rings (SSSR count). The molecule has 0 bridgehead atoms. The lowest BCUT2D eigenvalue weighted by Gasteiger charge is -2.23. The summed E-state index contributed by atoms with van der Waals surface area (Å²) < 4.78 is 20.0. The number of esters is 2. The number of ether oxygens (including phenoxy) is 4. The minimum Gasteiger partial charge on any atom is -0.870 e. The number of epoxide rings is 2. The van der Waals surface area contributed by atoms with Crippen LogP contribution in [0.4, 0.5) is 0 Å². The summed E-state index contributed by atoms with van der Waals surface area (Å²) >= 11 is 10.8. The van der Waals surface area contributed by atoms with Crippen molar-refractivity contribution in [3.63, 3.8) is 0 Å². The van der Waals surface area contributed by atoms with Crippen molar-refractivity contribution in [2.75, 3.05) is 38.2 Å². The summed E-state index contributed by atoms with van der Waals surface area (Å²) in [6, 6.07) is 33.6. The van der Waals surface area contributed by atoms with Crippen molar-refractivity contribution in [2.24, 2.45) is 0 Å². The number of alkyl halides is 2. The third-order valence-corrected chi connectivity index (χ3v) is 15.0. The number of carbonyl (C=O) groups excluding carboxylic acids is 2. The molecule has 5 heterocycles. The average molecular weight is 1280 g/mol. The number of hydrogen-bond donors (Lipinski definition) is 5. The number of fused-ring (bicyclic) bond motifs is 3. The van der Waals surface area contributed by atoms with Gasteiger partial charge in [-0.15, -0.1) is 68.2 Å². The topological polar surface area (TPSA) is 318 Å². The minimum atomic E-state index is -0.872. The van der Waals surface area contributed by atoms with Crippen LogP contribution in [0.1, 0.15) is 115 Å². The van der Waals surface area contributed by atoms with Gasteiger partial charge in [0.2, 0.25) is 0 Å². The van der Waals surface area contributed by atoms with Gasteiger partial charge in [0.1, 0.15) is 92.8 Å². The van der Waals surface area contributed by atoms with Gasteiger partial charge in [-0.05, 0) is 107 Å². The molecule has 9 aromatic rings. The Hall–Kier alpha value is -8.25.